The smallest absolute Gasteiger partial charge is 0.325 e. The Labute approximate surface area is 142 Å². The zero-order valence-electron chi connectivity index (χ0n) is 13.4. The van der Waals surface area contributed by atoms with Crippen LogP contribution in [0.4, 0.5) is 9.18 Å². The summed E-state index contributed by atoms with van der Waals surface area (Å²) in [6, 6.07) is 8.17. The molecule has 1 aliphatic rings. The van der Waals surface area contributed by atoms with Crippen LogP contribution in [0.25, 0.3) is 0 Å². The molecular formula is C17H16FN3O4. The summed E-state index contributed by atoms with van der Waals surface area (Å²) in [5.74, 6) is -1.15. The second-order valence-electron chi connectivity index (χ2n) is 5.83. The molecule has 2 heterocycles. The fourth-order valence-electron chi connectivity index (χ4n) is 2.57. The van der Waals surface area contributed by atoms with E-state index in [1.807, 2.05) is 0 Å². The van der Waals surface area contributed by atoms with Crippen LogP contribution in [-0.2, 0) is 21.7 Å². The molecule has 1 aromatic heterocycles. The van der Waals surface area contributed by atoms with Crippen molar-refractivity contribution in [2.45, 2.75) is 19.0 Å². The highest BCUT2D eigenvalue weighted by molar-refractivity contribution is 6.08. The monoisotopic (exact) mass is 345 g/mol. The summed E-state index contributed by atoms with van der Waals surface area (Å²) >= 11 is 0. The Hall–Kier alpha value is -3.16. The van der Waals surface area contributed by atoms with Crippen LogP contribution in [0.5, 0.6) is 0 Å². The molecule has 1 atom stereocenters. The van der Waals surface area contributed by atoms with E-state index in [2.05, 4.69) is 10.6 Å². The van der Waals surface area contributed by atoms with Gasteiger partial charge in [-0.25, -0.2) is 9.18 Å². The van der Waals surface area contributed by atoms with Crippen molar-refractivity contribution in [3.8, 4) is 0 Å². The molecule has 0 spiro atoms. The van der Waals surface area contributed by atoms with E-state index < -0.39 is 29.9 Å². The van der Waals surface area contributed by atoms with Crippen LogP contribution in [0.1, 0.15) is 18.2 Å². The molecule has 1 aromatic carbocycles. The van der Waals surface area contributed by atoms with Crippen LogP contribution in [-0.4, -0.2) is 29.3 Å². The van der Waals surface area contributed by atoms with Gasteiger partial charge in [0.25, 0.3) is 5.91 Å². The van der Waals surface area contributed by atoms with Gasteiger partial charge in [-0.2, -0.15) is 0 Å². The van der Waals surface area contributed by atoms with E-state index >= 15 is 0 Å². The third-order valence-corrected chi connectivity index (χ3v) is 3.99. The lowest BCUT2D eigenvalue weighted by Crippen LogP contribution is -2.43. The number of hydrogen-bond acceptors (Lipinski definition) is 4. The topological polar surface area (TPSA) is 91.7 Å². The highest BCUT2D eigenvalue weighted by Crippen LogP contribution is 2.28. The van der Waals surface area contributed by atoms with Gasteiger partial charge in [0.05, 0.1) is 6.26 Å². The molecular weight excluding hydrogens is 329 g/mol. The van der Waals surface area contributed by atoms with Crippen molar-refractivity contribution in [3.05, 3.63) is 59.8 Å². The molecule has 1 saturated heterocycles. The maximum absolute atomic E-state index is 12.8. The second kappa shape index (κ2) is 6.39. The van der Waals surface area contributed by atoms with Gasteiger partial charge in [0.2, 0.25) is 5.91 Å². The molecule has 0 bridgehead atoms. The summed E-state index contributed by atoms with van der Waals surface area (Å²) in [6.45, 7) is 1.27. The van der Waals surface area contributed by atoms with Gasteiger partial charge in [-0.05, 0) is 36.8 Å². The minimum atomic E-state index is -1.34. The Morgan fingerprint density at radius 2 is 2.00 bits per heavy atom. The van der Waals surface area contributed by atoms with E-state index in [9.17, 15) is 18.8 Å². The molecule has 3 rings (SSSR count). The molecule has 4 amide bonds. The van der Waals surface area contributed by atoms with Crippen LogP contribution in [0.15, 0.2) is 47.1 Å². The largest absolute Gasteiger partial charge is 0.466 e. The van der Waals surface area contributed by atoms with Crippen molar-refractivity contribution >= 4 is 17.8 Å². The summed E-state index contributed by atoms with van der Waals surface area (Å²) in [6.07, 6.45) is 1.40. The number of urea groups is 1. The standard InChI is InChI=1S/C17H16FN3O4/c1-17(13-3-2-8-25-13)15(23)21(16(24)20-17)10-14(22)19-9-11-4-6-12(18)7-5-11/h2-8H,9-10H2,1H3,(H,19,22)(H,20,24). The SMILES string of the molecule is CC1(c2ccco2)NC(=O)N(CC(=O)NCc2ccc(F)cc2)C1=O. The number of furan rings is 1. The van der Waals surface area contributed by atoms with Gasteiger partial charge < -0.3 is 15.1 Å². The molecule has 130 valence electrons. The molecule has 1 unspecified atom stereocenters. The van der Waals surface area contributed by atoms with Crippen molar-refractivity contribution < 1.29 is 23.2 Å². The third-order valence-electron chi connectivity index (χ3n) is 3.99. The molecule has 0 aliphatic carbocycles. The zero-order valence-corrected chi connectivity index (χ0v) is 13.4. The fourth-order valence-corrected chi connectivity index (χ4v) is 2.57. The van der Waals surface area contributed by atoms with Crippen LogP contribution in [0.2, 0.25) is 0 Å². The van der Waals surface area contributed by atoms with Gasteiger partial charge in [-0.1, -0.05) is 12.1 Å². The van der Waals surface area contributed by atoms with Gasteiger partial charge in [-0.15, -0.1) is 0 Å². The van der Waals surface area contributed by atoms with Gasteiger partial charge in [-0.3, -0.25) is 14.5 Å². The van der Waals surface area contributed by atoms with Crippen molar-refractivity contribution in [2.75, 3.05) is 6.54 Å². The highest BCUT2D eigenvalue weighted by Gasteiger charge is 2.51. The van der Waals surface area contributed by atoms with Crippen LogP contribution in [0, 0.1) is 5.82 Å². The summed E-state index contributed by atoms with van der Waals surface area (Å²) in [7, 11) is 0. The van der Waals surface area contributed by atoms with E-state index in [1.165, 1.54) is 37.5 Å². The Kier molecular flexibility index (Phi) is 4.26. The average Bonchev–Trinajstić information content (AvgIpc) is 3.19. The van der Waals surface area contributed by atoms with Crippen molar-refractivity contribution in [1.29, 1.82) is 0 Å². The van der Waals surface area contributed by atoms with Crippen LogP contribution in [0.3, 0.4) is 0 Å². The molecule has 8 heteroatoms. The van der Waals surface area contributed by atoms with Crippen molar-refractivity contribution in [1.82, 2.24) is 15.5 Å². The number of hydrogen-bond donors (Lipinski definition) is 2. The maximum atomic E-state index is 12.8. The molecule has 1 aliphatic heterocycles. The van der Waals surface area contributed by atoms with E-state index in [-0.39, 0.29) is 12.4 Å². The first-order valence-electron chi connectivity index (χ1n) is 7.59. The zero-order chi connectivity index (χ0) is 18.0. The summed E-state index contributed by atoms with van der Waals surface area (Å²) in [4.78, 5) is 37.5. The van der Waals surface area contributed by atoms with E-state index in [1.54, 1.807) is 12.1 Å². The van der Waals surface area contributed by atoms with E-state index in [4.69, 9.17) is 4.42 Å². The average molecular weight is 345 g/mol. The number of benzene rings is 1. The second-order valence-corrected chi connectivity index (χ2v) is 5.83. The quantitative estimate of drug-likeness (QED) is 0.804. The van der Waals surface area contributed by atoms with E-state index in [0.29, 0.717) is 11.3 Å². The number of imide groups is 1. The van der Waals surface area contributed by atoms with Gasteiger partial charge in [0.1, 0.15) is 18.1 Å². The normalized spacial score (nSPS) is 19.8. The molecule has 25 heavy (non-hydrogen) atoms. The lowest BCUT2D eigenvalue weighted by atomic mass is 9.99. The van der Waals surface area contributed by atoms with Crippen molar-refractivity contribution in [3.63, 3.8) is 0 Å². The molecule has 7 nitrogen and oxygen atoms in total. The highest BCUT2D eigenvalue weighted by atomic mass is 19.1. The first-order chi connectivity index (χ1) is 11.9. The van der Waals surface area contributed by atoms with Gasteiger partial charge >= 0.3 is 6.03 Å². The Balaban J connectivity index is 1.62. The fraction of sp³-hybridized carbons (Fsp3) is 0.235. The predicted molar refractivity (Wildman–Crippen MR) is 84.6 cm³/mol. The number of amides is 4. The summed E-state index contributed by atoms with van der Waals surface area (Å²) in [5.41, 5.74) is -0.634. The lowest BCUT2D eigenvalue weighted by molar-refractivity contribution is -0.135. The molecule has 0 saturated carbocycles. The number of carbonyl (C=O) groups excluding carboxylic acids is 3. The third kappa shape index (κ3) is 3.23. The molecule has 0 radical (unpaired) electrons. The first kappa shape index (κ1) is 16.7. The van der Waals surface area contributed by atoms with Crippen molar-refractivity contribution in [2.24, 2.45) is 0 Å². The number of nitrogens with one attached hydrogen (secondary N) is 2. The maximum Gasteiger partial charge on any atom is 0.325 e. The minimum absolute atomic E-state index is 0.165. The minimum Gasteiger partial charge on any atom is -0.466 e. The number of carbonyl (C=O) groups is 3. The van der Waals surface area contributed by atoms with Crippen LogP contribution >= 0.6 is 0 Å². The molecule has 2 N–H and O–H groups in total. The van der Waals surface area contributed by atoms with E-state index in [0.717, 1.165) is 4.90 Å². The van der Waals surface area contributed by atoms with Gasteiger partial charge in [0.15, 0.2) is 5.54 Å². The predicted octanol–water partition coefficient (Wildman–Crippen LogP) is 1.50. The molecule has 1 fully saturated rings. The molecule has 2 aromatic rings. The lowest BCUT2D eigenvalue weighted by Gasteiger charge is -2.18. The Morgan fingerprint density at radius 1 is 1.28 bits per heavy atom. The summed E-state index contributed by atoms with van der Waals surface area (Å²) in [5, 5.41) is 5.13. The van der Waals surface area contributed by atoms with Crippen LogP contribution < -0.4 is 10.6 Å². The summed E-state index contributed by atoms with van der Waals surface area (Å²) < 4.78 is 18.1. The Morgan fingerprint density at radius 3 is 2.64 bits per heavy atom. The number of halogens is 1. The first-order valence-corrected chi connectivity index (χ1v) is 7.59. The number of rotatable bonds is 5. The number of nitrogens with zero attached hydrogens (tertiary/aromatic N) is 1. The van der Waals surface area contributed by atoms with Gasteiger partial charge in [0, 0.05) is 6.54 Å². The Bertz CT molecular complexity index is 804.